The summed E-state index contributed by atoms with van der Waals surface area (Å²) in [6.07, 6.45) is 0.587. The van der Waals surface area contributed by atoms with Crippen LogP contribution in [0.5, 0.6) is 11.5 Å². The first-order valence-electron chi connectivity index (χ1n) is 6.01. The molecular weight excluding hydrogens is 228 g/mol. The van der Waals surface area contributed by atoms with Gasteiger partial charge >= 0.3 is 5.97 Å². The minimum Gasteiger partial charge on any atom is -0.488 e. The van der Waals surface area contributed by atoms with Crippen LogP contribution in [0.2, 0.25) is 0 Å². The normalized spacial score (nSPS) is 10.9. The van der Waals surface area contributed by atoms with Crippen molar-refractivity contribution in [2.45, 2.75) is 39.7 Å². The molecular formula is C15H20O3. The van der Waals surface area contributed by atoms with E-state index in [1.54, 1.807) is 24.3 Å². The van der Waals surface area contributed by atoms with Gasteiger partial charge in [0.1, 0.15) is 17.1 Å². The summed E-state index contributed by atoms with van der Waals surface area (Å²) in [6, 6.07) is 6.98. The molecule has 3 nitrogen and oxygen atoms in total. The zero-order chi connectivity index (χ0) is 13.8. The average Bonchev–Trinajstić information content (AvgIpc) is 2.28. The van der Waals surface area contributed by atoms with E-state index in [1.165, 1.54) is 0 Å². The van der Waals surface area contributed by atoms with Crippen molar-refractivity contribution in [1.82, 2.24) is 0 Å². The first-order chi connectivity index (χ1) is 8.31. The van der Waals surface area contributed by atoms with Crippen LogP contribution >= 0.6 is 0 Å². The lowest BCUT2D eigenvalue weighted by atomic mass is 10.2. The van der Waals surface area contributed by atoms with Gasteiger partial charge in [0.05, 0.1) is 0 Å². The topological polar surface area (TPSA) is 35.5 Å². The molecule has 0 aliphatic rings. The van der Waals surface area contributed by atoms with Crippen molar-refractivity contribution in [2.24, 2.45) is 0 Å². The van der Waals surface area contributed by atoms with Gasteiger partial charge in [0.15, 0.2) is 0 Å². The molecule has 18 heavy (non-hydrogen) atoms. The fourth-order valence-corrected chi connectivity index (χ4v) is 1.25. The van der Waals surface area contributed by atoms with Crippen LogP contribution < -0.4 is 9.47 Å². The first kappa shape index (κ1) is 14.3. The molecule has 0 aromatic heterocycles. The maximum atomic E-state index is 11.5. The van der Waals surface area contributed by atoms with Crippen molar-refractivity contribution in [1.29, 1.82) is 0 Å². The maximum Gasteiger partial charge on any atom is 0.338 e. The summed E-state index contributed by atoms with van der Waals surface area (Å²) in [7, 11) is 0. The number of benzene rings is 1. The molecule has 3 heteroatoms. The summed E-state index contributed by atoms with van der Waals surface area (Å²) in [5.74, 6) is 0.856. The molecule has 0 N–H and O–H groups in total. The predicted molar refractivity (Wildman–Crippen MR) is 71.9 cm³/mol. The molecule has 98 valence electrons. The van der Waals surface area contributed by atoms with Crippen LogP contribution in [0.3, 0.4) is 0 Å². The summed E-state index contributed by atoms with van der Waals surface area (Å²) in [5.41, 5.74) is 0.222. The Balaban J connectivity index is 2.66. The highest BCUT2D eigenvalue weighted by molar-refractivity contribution is 5.89. The Labute approximate surface area is 108 Å². The number of hydrogen-bond acceptors (Lipinski definition) is 3. The molecule has 1 aromatic rings. The smallest absolute Gasteiger partial charge is 0.338 e. The van der Waals surface area contributed by atoms with E-state index < -0.39 is 0 Å². The lowest BCUT2D eigenvalue weighted by Crippen LogP contribution is -2.22. The molecule has 1 rings (SSSR count). The lowest BCUT2D eigenvalue weighted by Gasteiger charge is -2.21. The van der Waals surface area contributed by atoms with Crippen LogP contribution in [-0.2, 0) is 4.79 Å². The van der Waals surface area contributed by atoms with E-state index in [2.05, 4.69) is 6.58 Å². The minimum atomic E-state index is -0.387. The molecule has 0 saturated heterocycles. The maximum absolute atomic E-state index is 11.5. The fraction of sp³-hybridized carbons (Fsp3) is 0.400. The zero-order valence-electron chi connectivity index (χ0n) is 11.4. The van der Waals surface area contributed by atoms with Crippen LogP contribution in [0, 0.1) is 0 Å². The summed E-state index contributed by atoms with van der Waals surface area (Å²) < 4.78 is 10.8. The Morgan fingerprint density at radius 1 is 1.17 bits per heavy atom. The highest BCUT2D eigenvalue weighted by Gasteiger charge is 2.12. The van der Waals surface area contributed by atoms with Crippen molar-refractivity contribution in [2.75, 3.05) is 0 Å². The summed E-state index contributed by atoms with van der Waals surface area (Å²) >= 11 is 0. The third kappa shape index (κ3) is 4.62. The van der Waals surface area contributed by atoms with Crippen molar-refractivity contribution in [3.63, 3.8) is 0 Å². The Morgan fingerprint density at radius 3 is 2.11 bits per heavy atom. The third-order valence-electron chi connectivity index (χ3n) is 2.17. The van der Waals surface area contributed by atoms with E-state index >= 15 is 0 Å². The van der Waals surface area contributed by atoms with Crippen molar-refractivity contribution in [3.05, 3.63) is 36.4 Å². The molecule has 0 saturated carbocycles. The van der Waals surface area contributed by atoms with E-state index in [0.717, 1.165) is 5.75 Å². The number of rotatable bonds is 4. The molecule has 0 amide bonds. The monoisotopic (exact) mass is 248 g/mol. The Morgan fingerprint density at radius 2 is 1.67 bits per heavy atom. The van der Waals surface area contributed by atoms with Gasteiger partial charge in [0.25, 0.3) is 0 Å². The number of hydrogen-bond donors (Lipinski definition) is 0. The lowest BCUT2D eigenvalue weighted by molar-refractivity contribution is -0.130. The Bertz CT molecular complexity index is 424. The predicted octanol–water partition coefficient (Wildman–Crippen LogP) is 3.74. The van der Waals surface area contributed by atoms with Gasteiger partial charge in [-0.25, -0.2) is 4.79 Å². The second kappa shape index (κ2) is 5.71. The molecule has 0 fully saturated rings. The van der Waals surface area contributed by atoms with Crippen molar-refractivity contribution >= 4 is 5.97 Å². The van der Waals surface area contributed by atoms with Gasteiger partial charge in [-0.05, 0) is 51.5 Å². The molecule has 0 atom stereocenters. The summed E-state index contributed by atoms with van der Waals surface area (Å²) in [4.78, 5) is 11.5. The Kier molecular flexibility index (Phi) is 4.54. The number of ether oxygens (including phenoxy) is 2. The van der Waals surface area contributed by atoms with Gasteiger partial charge in [0, 0.05) is 5.57 Å². The van der Waals surface area contributed by atoms with Crippen molar-refractivity contribution < 1.29 is 14.3 Å². The highest BCUT2D eigenvalue weighted by Crippen LogP contribution is 2.22. The van der Waals surface area contributed by atoms with E-state index in [4.69, 9.17) is 9.47 Å². The van der Waals surface area contributed by atoms with Crippen LogP contribution in [0.25, 0.3) is 0 Å². The quantitative estimate of drug-likeness (QED) is 0.462. The molecule has 0 radical (unpaired) electrons. The Hall–Kier alpha value is -1.77. The minimum absolute atomic E-state index is 0.241. The second-order valence-corrected chi connectivity index (χ2v) is 5.03. The van der Waals surface area contributed by atoms with E-state index in [0.29, 0.717) is 17.7 Å². The standard InChI is InChI=1S/C15H20O3/c1-6-11(2)14(16)17-12-7-9-13(10-8-12)18-15(3,4)5/h7-10H,2,6H2,1,3-5H3. The van der Waals surface area contributed by atoms with Gasteiger partial charge in [-0.1, -0.05) is 13.5 Å². The van der Waals surface area contributed by atoms with Crippen LogP contribution in [0.1, 0.15) is 34.1 Å². The summed E-state index contributed by atoms with van der Waals surface area (Å²) in [5, 5.41) is 0. The first-order valence-corrected chi connectivity index (χ1v) is 6.01. The van der Waals surface area contributed by atoms with Gasteiger partial charge in [-0.15, -0.1) is 0 Å². The number of carbonyl (C=O) groups is 1. The molecule has 0 bridgehead atoms. The third-order valence-corrected chi connectivity index (χ3v) is 2.17. The van der Waals surface area contributed by atoms with Crippen LogP contribution in [-0.4, -0.2) is 11.6 Å². The zero-order valence-corrected chi connectivity index (χ0v) is 11.4. The number of esters is 1. The summed E-state index contributed by atoms with van der Waals surface area (Å²) in [6.45, 7) is 11.4. The van der Waals surface area contributed by atoms with Crippen molar-refractivity contribution in [3.8, 4) is 11.5 Å². The molecule has 0 aliphatic heterocycles. The van der Waals surface area contributed by atoms with E-state index in [-0.39, 0.29) is 11.6 Å². The molecule has 0 aliphatic carbocycles. The highest BCUT2D eigenvalue weighted by atomic mass is 16.5. The fourth-order valence-electron chi connectivity index (χ4n) is 1.25. The van der Waals surface area contributed by atoms with Gasteiger partial charge in [0.2, 0.25) is 0 Å². The average molecular weight is 248 g/mol. The van der Waals surface area contributed by atoms with Gasteiger partial charge in [-0.2, -0.15) is 0 Å². The second-order valence-electron chi connectivity index (χ2n) is 5.03. The van der Waals surface area contributed by atoms with Gasteiger partial charge in [-0.3, -0.25) is 0 Å². The molecule has 0 unspecified atom stereocenters. The van der Waals surface area contributed by atoms with E-state index in [9.17, 15) is 4.79 Å². The van der Waals surface area contributed by atoms with E-state index in [1.807, 2.05) is 27.7 Å². The van der Waals surface area contributed by atoms with Crippen LogP contribution in [0.15, 0.2) is 36.4 Å². The largest absolute Gasteiger partial charge is 0.488 e. The molecule has 0 heterocycles. The van der Waals surface area contributed by atoms with Crippen LogP contribution in [0.4, 0.5) is 0 Å². The SMILES string of the molecule is C=C(CC)C(=O)Oc1ccc(OC(C)(C)C)cc1. The molecule has 0 spiro atoms. The number of carbonyl (C=O) groups excluding carboxylic acids is 1. The molecule has 1 aromatic carbocycles. The van der Waals surface area contributed by atoms with Gasteiger partial charge < -0.3 is 9.47 Å².